The molecule has 9 heteroatoms. The van der Waals surface area contributed by atoms with Gasteiger partial charge >= 0.3 is 6.09 Å². The molecule has 0 bridgehead atoms. The van der Waals surface area contributed by atoms with Crippen molar-refractivity contribution in [1.82, 2.24) is 19.8 Å². The molecule has 1 aromatic carbocycles. The summed E-state index contributed by atoms with van der Waals surface area (Å²) in [4.78, 5) is 28.9. The van der Waals surface area contributed by atoms with Gasteiger partial charge in [-0.1, -0.05) is 50.6 Å². The first-order chi connectivity index (χ1) is 20.9. The second kappa shape index (κ2) is 17.7. The SMILES string of the molecule is CCCc1cc(C#N)ncn1.C\C=C(C(/C(C)=N/C=C/CC)=C(/C)N1CCN(C(=O)OC(C)(C)C)CC1)\c1ccccc1F. The summed E-state index contributed by atoms with van der Waals surface area (Å²) in [5, 5.41) is 8.49. The maximum Gasteiger partial charge on any atom is 0.410 e. The van der Waals surface area contributed by atoms with Gasteiger partial charge in [0.1, 0.15) is 29.5 Å². The summed E-state index contributed by atoms with van der Waals surface area (Å²) in [6.45, 7) is 18.1. The van der Waals surface area contributed by atoms with Crippen LogP contribution in [0, 0.1) is 17.1 Å². The fourth-order valence-corrected chi connectivity index (χ4v) is 4.66. The molecule has 0 unspecified atom stereocenters. The zero-order chi connectivity index (χ0) is 32.7. The molecule has 0 radical (unpaired) electrons. The molecule has 0 saturated carbocycles. The number of ether oxygens (including phenoxy) is 1. The fourth-order valence-electron chi connectivity index (χ4n) is 4.66. The molecule has 1 saturated heterocycles. The standard InChI is InChI=1S/C27H38FN3O2.C8H9N3/c1-8-10-15-29-20(3)25(22(9-2)23-13-11-12-14-24(23)28)21(4)30-16-18-31(19-17-30)26(32)33-27(5,6)7;1-2-3-7-4-8(5-9)11-6-10-7/h9-15H,8,16-19H2,1-7H3;4,6H,2-3H2,1H3/b15-10+,22-9-,25-21-,29-20+;. The summed E-state index contributed by atoms with van der Waals surface area (Å²) in [7, 11) is 0. The number of halogens is 1. The van der Waals surface area contributed by atoms with Crippen molar-refractivity contribution < 1.29 is 13.9 Å². The molecule has 3 rings (SSSR count). The minimum absolute atomic E-state index is 0.262. The fraction of sp³-hybridized carbons (Fsp3) is 0.457. The molecule has 8 nitrogen and oxygen atoms in total. The Kier molecular flexibility index (Phi) is 14.4. The Hall–Kier alpha value is -4.32. The van der Waals surface area contributed by atoms with E-state index in [1.165, 1.54) is 12.4 Å². The molecule has 1 aliphatic rings. The van der Waals surface area contributed by atoms with Gasteiger partial charge in [0.2, 0.25) is 0 Å². The first-order valence-electron chi connectivity index (χ1n) is 15.2. The Balaban J connectivity index is 0.000000514. The van der Waals surface area contributed by atoms with Crippen molar-refractivity contribution in [2.45, 2.75) is 80.3 Å². The molecular formula is C35H47FN6O2. The summed E-state index contributed by atoms with van der Waals surface area (Å²) < 4.78 is 20.3. The number of aliphatic imine (C=N–C) groups is 1. The third-order valence-electron chi connectivity index (χ3n) is 6.81. The van der Waals surface area contributed by atoms with Crippen molar-refractivity contribution in [2.75, 3.05) is 26.2 Å². The van der Waals surface area contributed by atoms with E-state index >= 15 is 0 Å². The lowest BCUT2D eigenvalue weighted by atomic mass is 9.92. The number of rotatable bonds is 8. The second-order valence-electron chi connectivity index (χ2n) is 11.4. The average molecular weight is 603 g/mol. The Morgan fingerprint density at radius 2 is 1.77 bits per heavy atom. The number of benzene rings is 1. The predicted molar refractivity (Wildman–Crippen MR) is 175 cm³/mol. The monoisotopic (exact) mass is 602 g/mol. The lowest BCUT2D eigenvalue weighted by Crippen LogP contribution is -2.49. The highest BCUT2D eigenvalue weighted by Crippen LogP contribution is 2.31. The van der Waals surface area contributed by atoms with Crippen molar-refractivity contribution in [2.24, 2.45) is 4.99 Å². The van der Waals surface area contributed by atoms with Crippen LogP contribution in [0.4, 0.5) is 9.18 Å². The summed E-state index contributed by atoms with van der Waals surface area (Å²) in [6, 6.07) is 10.5. The Morgan fingerprint density at radius 3 is 2.34 bits per heavy atom. The van der Waals surface area contributed by atoms with Crippen LogP contribution in [0.5, 0.6) is 0 Å². The zero-order valence-electron chi connectivity index (χ0n) is 27.5. The first-order valence-corrected chi connectivity index (χ1v) is 15.2. The van der Waals surface area contributed by atoms with Gasteiger partial charge in [0.15, 0.2) is 0 Å². The molecule has 236 valence electrons. The van der Waals surface area contributed by atoms with Crippen LogP contribution in [0.25, 0.3) is 5.57 Å². The molecular weight excluding hydrogens is 555 g/mol. The summed E-state index contributed by atoms with van der Waals surface area (Å²) >= 11 is 0. The Labute approximate surface area is 262 Å². The van der Waals surface area contributed by atoms with Crippen molar-refractivity contribution in [3.8, 4) is 6.07 Å². The number of hydrogen-bond acceptors (Lipinski definition) is 7. The van der Waals surface area contributed by atoms with Crippen LogP contribution in [0.2, 0.25) is 0 Å². The van der Waals surface area contributed by atoms with Crippen LogP contribution in [-0.4, -0.2) is 63.4 Å². The Morgan fingerprint density at radius 1 is 1.11 bits per heavy atom. The van der Waals surface area contributed by atoms with E-state index in [0.717, 1.165) is 47.5 Å². The second-order valence-corrected chi connectivity index (χ2v) is 11.4. The smallest absolute Gasteiger partial charge is 0.410 e. The number of hydrogen-bond donors (Lipinski definition) is 0. The van der Waals surface area contributed by atoms with Gasteiger partial charge in [0.05, 0.1) is 0 Å². The number of nitriles is 1. The zero-order valence-corrected chi connectivity index (χ0v) is 27.5. The number of amides is 1. The lowest BCUT2D eigenvalue weighted by Gasteiger charge is -2.38. The van der Waals surface area contributed by atoms with Crippen LogP contribution in [0.1, 0.15) is 85.2 Å². The number of carbonyl (C=O) groups is 1. The van der Waals surface area contributed by atoms with Gasteiger partial charge in [-0.3, -0.25) is 4.99 Å². The van der Waals surface area contributed by atoms with E-state index in [1.807, 2.05) is 65.8 Å². The van der Waals surface area contributed by atoms with Crippen LogP contribution < -0.4 is 0 Å². The number of aromatic nitrogens is 2. The molecule has 0 N–H and O–H groups in total. The highest BCUT2D eigenvalue weighted by atomic mass is 19.1. The van der Waals surface area contributed by atoms with Gasteiger partial charge in [0.25, 0.3) is 0 Å². The minimum atomic E-state index is -0.516. The van der Waals surface area contributed by atoms with Crippen LogP contribution in [0.15, 0.2) is 71.3 Å². The molecule has 2 heterocycles. The van der Waals surface area contributed by atoms with E-state index in [0.29, 0.717) is 37.4 Å². The summed E-state index contributed by atoms with van der Waals surface area (Å²) in [5.74, 6) is -0.262. The molecule has 0 aliphatic carbocycles. The lowest BCUT2D eigenvalue weighted by molar-refractivity contribution is 0.0168. The number of nitrogens with zero attached hydrogens (tertiary/aromatic N) is 6. The van der Waals surface area contributed by atoms with Gasteiger partial charge in [-0.25, -0.2) is 19.2 Å². The third kappa shape index (κ3) is 11.1. The maximum atomic E-state index is 14.7. The van der Waals surface area contributed by atoms with Gasteiger partial charge in [-0.05, 0) is 72.1 Å². The highest BCUT2D eigenvalue weighted by Gasteiger charge is 2.27. The van der Waals surface area contributed by atoms with Crippen molar-refractivity contribution in [3.05, 3.63) is 89.0 Å². The Bertz CT molecular complexity index is 1410. The molecule has 2 aromatic rings. The minimum Gasteiger partial charge on any atom is -0.444 e. The number of piperazine rings is 1. The first kappa shape index (κ1) is 35.9. The molecule has 0 spiro atoms. The van der Waals surface area contributed by atoms with E-state index < -0.39 is 5.60 Å². The van der Waals surface area contributed by atoms with Crippen molar-refractivity contribution in [3.63, 3.8) is 0 Å². The number of aryl methyl sites for hydroxylation is 1. The van der Waals surface area contributed by atoms with Gasteiger partial charge in [-0.2, -0.15) is 5.26 Å². The van der Waals surface area contributed by atoms with Crippen LogP contribution in [0.3, 0.4) is 0 Å². The predicted octanol–water partition coefficient (Wildman–Crippen LogP) is 7.74. The van der Waals surface area contributed by atoms with E-state index in [4.69, 9.17) is 10.00 Å². The third-order valence-corrected chi connectivity index (χ3v) is 6.81. The summed E-state index contributed by atoms with van der Waals surface area (Å²) in [6.07, 6.45) is 9.74. The molecule has 1 fully saturated rings. The van der Waals surface area contributed by atoms with E-state index in [-0.39, 0.29) is 11.9 Å². The largest absolute Gasteiger partial charge is 0.444 e. The van der Waals surface area contributed by atoms with E-state index in [1.54, 1.807) is 29.3 Å². The normalized spacial score (nSPS) is 14.9. The topological polar surface area (TPSA) is 94.7 Å². The molecule has 1 aliphatic heterocycles. The van der Waals surface area contributed by atoms with Gasteiger partial charge < -0.3 is 14.5 Å². The van der Waals surface area contributed by atoms with E-state index in [9.17, 15) is 9.18 Å². The maximum absolute atomic E-state index is 14.7. The number of allylic oxidation sites excluding steroid dienone is 5. The van der Waals surface area contributed by atoms with Crippen LogP contribution >= 0.6 is 0 Å². The molecule has 44 heavy (non-hydrogen) atoms. The molecule has 0 atom stereocenters. The average Bonchev–Trinajstić information content (AvgIpc) is 3.00. The quantitative estimate of drug-likeness (QED) is 0.227. The van der Waals surface area contributed by atoms with Crippen molar-refractivity contribution in [1.29, 1.82) is 5.26 Å². The van der Waals surface area contributed by atoms with Crippen molar-refractivity contribution >= 4 is 17.4 Å². The number of carbonyl (C=O) groups excluding carboxylic acids is 1. The molecule has 1 aromatic heterocycles. The van der Waals surface area contributed by atoms with Gasteiger partial charge in [0, 0.05) is 60.6 Å². The summed E-state index contributed by atoms with van der Waals surface area (Å²) in [5.41, 5.74) is 4.99. The van der Waals surface area contributed by atoms with Crippen LogP contribution in [-0.2, 0) is 11.2 Å². The highest BCUT2D eigenvalue weighted by molar-refractivity contribution is 6.12. The van der Waals surface area contributed by atoms with E-state index in [2.05, 4.69) is 33.7 Å². The van der Waals surface area contributed by atoms with Gasteiger partial charge in [-0.15, -0.1) is 0 Å². The molecule has 1 amide bonds.